The molecule has 0 amide bonds. The van der Waals surface area contributed by atoms with Gasteiger partial charge in [0, 0.05) is 6.54 Å². The van der Waals surface area contributed by atoms with Crippen molar-refractivity contribution in [3.05, 3.63) is 12.2 Å². The van der Waals surface area contributed by atoms with Crippen LogP contribution < -0.4 is 15.8 Å². The Kier molecular flexibility index (Phi) is 3.13. The molecule has 0 radical (unpaired) electrons. The van der Waals surface area contributed by atoms with E-state index in [1.807, 2.05) is 6.92 Å². The molecule has 1 aromatic heterocycles. The van der Waals surface area contributed by atoms with Crippen LogP contribution in [-0.2, 0) is 0 Å². The van der Waals surface area contributed by atoms with Crippen LogP contribution in [0.4, 0.5) is 10.8 Å². The molecular formula is C8H13N3OS. The highest BCUT2D eigenvalue weighted by atomic mass is 32.1. The van der Waals surface area contributed by atoms with Gasteiger partial charge >= 0.3 is 0 Å². The van der Waals surface area contributed by atoms with Gasteiger partial charge in [-0.15, -0.1) is 0 Å². The van der Waals surface area contributed by atoms with E-state index in [0.717, 1.165) is 10.6 Å². The molecule has 0 spiro atoms. The van der Waals surface area contributed by atoms with Gasteiger partial charge in [0.15, 0.2) is 16.6 Å². The van der Waals surface area contributed by atoms with Gasteiger partial charge in [-0.2, -0.15) is 4.37 Å². The predicted octanol–water partition coefficient (Wildman–Crippen LogP) is 1.72. The average molecular weight is 199 g/mol. The summed E-state index contributed by atoms with van der Waals surface area (Å²) in [7, 11) is 1.58. The van der Waals surface area contributed by atoms with E-state index < -0.39 is 0 Å². The highest BCUT2D eigenvalue weighted by Crippen LogP contribution is 2.34. The first-order valence-corrected chi connectivity index (χ1v) is 4.60. The van der Waals surface area contributed by atoms with Crippen molar-refractivity contribution >= 4 is 22.4 Å². The minimum Gasteiger partial charge on any atom is -0.490 e. The van der Waals surface area contributed by atoms with Crippen molar-refractivity contribution in [3.8, 4) is 5.75 Å². The fourth-order valence-corrected chi connectivity index (χ4v) is 1.52. The highest BCUT2D eigenvalue weighted by molar-refractivity contribution is 7.11. The second kappa shape index (κ2) is 4.13. The van der Waals surface area contributed by atoms with Gasteiger partial charge in [0.05, 0.1) is 7.11 Å². The molecule has 1 aromatic rings. The lowest BCUT2D eigenvalue weighted by molar-refractivity contribution is 0.419. The second-order valence-electron chi connectivity index (χ2n) is 2.74. The Morgan fingerprint density at radius 3 is 3.00 bits per heavy atom. The van der Waals surface area contributed by atoms with Crippen molar-refractivity contribution in [1.82, 2.24) is 4.37 Å². The lowest BCUT2D eigenvalue weighted by Crippen LogP contribution is -2.01. The third-order valence-electron chi connectivity index (χ3n) is 1.43. The molecule has 0 aliphatic rings. The summed E-state index contributed by atoms with van der Waals surface area (Å²) < 4.78 is 9.05. The Hall–Kier alpha value is -1.23. The van der Waals surface area contributed by atoms with Gasteiger partial charge in [0.25, 0.3) is 0 Å². The Morgan fingerprint density at radius 2 is 2.46 bits per heavy atom. The zero-order valence-electron chi connectivity index (χ0n) is 7.76. The Bertz CT molecular complexity index is 308. The smallest absolute Gasteiger partial charge is 0.197 e. The number of rotatable bonds is 4. The number of hydrogen-bond acceptors (Lipinski definition) is 5. The molecule has 0 aromatic carbocycles. The van der Waals surface area contributed by atoms with Crippen LogP contribution in [-0.4, -0.2) is 18.0 Å². The molecule has 1 rings (SSSR count). The molecule has 0 bridgehead atoms. The molecule has 0 aliphatic carbocycles. The van der Waals surface area contributed by atoms with Crippen molar-refractivity contribution in [2.45, 2.75) is 6.92 Å². The van der Waals surface area contributed by atoms with E-state index in [1.165, 1.54) is 11.5 Å². The minimum absolute atomic E-state index is 0.428. The molecule has 0 unspecified atom stereocenters. The fraction of sp³-hybridized carbons (Fsp3) is 0.375. The normalized spacial score (nSPS) is 9.69. The molecule has 0 fully saturated rings. The molecule has 0 atom stereocenters. The van der Waals surface area contributed by atoms with Gasteiger partial charge < -0.3 is 15.8 Å². The SMILES string of the molecule is C=C(C)CNc1snc(N)c1OC. The van der Waals surface area contributed by atoms with Crippen LogP contribution in [0.25, 0.3) is 0 Å². The van der Waals surface area contributed by atoms with Crippen LogP contribution in [0.15, 0.2) is 12.2 Å². The molecule has 72 valence electrons. The molecule has 13 heavy (non-hydrogen) atoms. The first-order valence-electron chi connectivity index (χ1n) is 3.82. The van der Waals surface area contributed by atoms with E-state index >= 15 is 0 Å². The average Bonchev–Trinajstić information content (AvgIpc) is 2.42. The van der Waals surface area contributed by atoms with E-state index in [0.29, 0.717) is 18.1 Å². The van der Waals surface area contributed by atoms with Crippen LogP contribution in [0, 0.1) is 0 Å². The molecule has 5 heteroatoms. The maximum absolute atomic E-state index is 5.57. The van der Waals surface area contributed by atoms with Crippen LogP contribution in [0.3, 0.4) is 0 Å². The maximum Gasteiger partial charge on any atom is 0.197 e. The Labute approximate surface area is 81.6 Å². The largest absolute Gasteiger partial charge is 0.490 e. The lowest BCUT2D eigenvalue weighted by Gasteiger charge is -2.04. The summed E-state index contributed by atoms with van der Waals surface area (Å²) in [6, 6.07) is 0. The van der Waals surface area contributed by atoms with Crippen molar-refractivity contribution < 1.29 is 4.74 Å². The van der Waals surface area contributed by atoms with Crippen molar-refractivity contribution in [2.24, 2.45) is 0 Å². The summed E-state index contributed by atoms with van der Waals surface area (Å²) in [4.78, 5) is 0. The van der Waals surface area contributed by atoms with Gasteiger partial charge in [0.2, 0.25) is 0 Å². The van der Waals surface area contributed by atoms with Gasteiger partial charge in [-0.3, -0.25) is 0 Å². The number of nitrogen functional groups attached to an aromatic ring is 1. The number of anilines is 2. The van der Waals surface area contributed by atoms with Gasteiger partial charge in [-0.25, -0.2) is 0 Å². The van der Waals surface area contributed by atoms with Gasteiger partial charge in [-0.05, 0) is 18.5 Å². The van der Waals surface area contributed by atoms with Crippen LogP contribution in [0.1, 0.15) is 6.92 Å². The third kappa shape index (κ3) is 2.35. The third-order valence-corrected chi connectivity index (χ3v) is 2.23. The first-order chi connectivity index (χ1) is 6.15. The van der Waals surface area contributed by atoms with E-state index in [1.54, 1.807) is 7.11 Å². The zero-order chi connectivity index (χ0) is 9.84. The quantitative estimate of drug-likeness (QED) is 0.725. The predicted molar refractivity (Wildman–Crippen MR) is 56.4 cm³/mol. The number of aromatic nitrogens is 1. The summed E-state index contributed by atoms with van der Waals surface area (Å²) >= 11 is 1.29. The Balaban J connectivity index is 2.70. The lowest BCUT2D eigenvalue weighted by atomic mass is 10.3. The number of nitrogens with two attached hydrogens (primary N) is 1. The monoisotopic (exact) mass is 199 g/mol. The first kappa shape index (κ1) is 9.85. The van der Waals surface area contributed by atoms with Crippen molar-refractivity contribution in [3.63, 3.8) is 0 Å². The molecule has 4 nitrogen and oxygen atoms in total. The van der Waals surface area contributed by atoms with E-state index in [9.17, 15) is 0 Å². The number of ether oxygens (including phenoxy) is 1. The van der Waals surface area contributed by atoms with Crippen molar-refractivity contribution in [2.75, 3.05) is 24.7 Å². The number of methoxy groups -OCH3 is 1. The Morgan fingerprint density at radius 1 is 1.77 bits per heavy atom. The van der Waals surface area contributed by atoms with Gasteiger partial charge in [0.1, 0.15) is 0 Å². The van der Waals surface area contributed by atoms with Crippen molar-refractivity contribution in [1.29, 1.82) is 0 Å². The van der Waals surface area contributed by atoms with E-state index in [-0.39, 0.29) is 0 Å². The van der Waals surface area contributed by atoms with Crippen LogP contribution in [0.2, 0.25) is 0 Å². The molecular weight excluding hydrogens is 186 g/mol. The molecule has 0 saturated carbocycles. The molecule has 3 N–H and O–H groups in total. The number of nitrogens with one attached hydrogen (secondary N) is 1. The van der Waals surface area contributed by atoms with Gasteiger partial charge in [-0.1, -0.05) is 12.2 Å². The maximum atomic E-state index is 5.57. The molecule has 0 saturated heterocycles. The number of nitrogens with zero attached hydrogens (tertiary/aromatic N) is 1. The molecule has 1 heterocycles. The summed E-state index contributed by atoms with van der Waals surface area (Å²) in [6.45, 7) is 6.44. The summed E-state index contributed by atoms with van der Waals surface area (Å²) in [5.74, 6) is 1.04. The highest BCUT2D eigenvalue weighted by Gasteiger charge is 2.10. The standard InChI is InChI=1S/C8H13N3OS/c1-5(2)4-10-8-6(12-3)7(9)11-13-8/h10H,1,4H2,2-3H3,(H2,9,11). The fourth-order valence-electron chi connectivity index (χ4n) is 0.835. The zero-order valence-corrected chi connectivity index (χ0v) is 8.57. The molecule has 0 aliphatic heterocycles. The summed E-state index contributed by atoms with van der Waals surface area (Å²) in [5.41, 5.74) is 6.62. The summed E-state index contributed by atoms with van der Waals surface area (Å²) in [5, 5.41) is 3.99. The summed E-state index contributed by atoms with van der Waals surface area (Å²) in [6.07, 6.45) is 0. The van der Waals surface area contributed by atoms with Crippen LogP contribution >= 0.6 is 11.5 Å². The van der Waals surface area contributed by atoms with E-state index in [4.69, 9.17) is 10.5 Å². The van der Waals surface area contributed by atoms with Crippen LogP contribution in [0.5, 0.6) is 5.75 Å². The number of hydrogen-bond donors (Lipinski definition) is 2. The van der Waals surface area contributed by atoms with E-state index in [2.05, 4.69) is 16.3 Å². The minimum atomic E-state index is 0.428. The topological polar surface area (TPSA) is 60.2 Å². The second-order valence-corrected chi connectivity index (χ2v) is 3.51.